The summed E-state index contributed by atoms with van der Waals surface area (Å²) in [6.45, 7) is 2.30. The first kappa shape index (κ1) is 19.2. The molecule has 0 bridgehead atoms. The maximum atomic E-state index is 12.5. The summed E-state index contributed by atoms with van der Waals surface area (Å²) in [7, 11) is 0. The van der Waals surface area contributed by atoms with Crippen molar-refractivity contribution >= 4 is 35.7 Å². The molecule has 0 aromatic heterocycles. The minimum Gasteiger partial charge on any atom is -0.341 e. The second kappa shape index (κ2) is 8.84. The molecule has 2 fully saturated rings. The lowest BCUT2D eigenvalue weighted by molar-refractivity contribution is -0.135. The van der Waals surface area contributed by atoms with Crippen LogP contribution in [0.4, 0.5) is 0 Å². The molecule has 1 N–H and O–H groups in total. The van der Waals surface area contributed by atoms with E-state index in [0.29, 0.717) is 23.7 Å². The number of carbonyl (C=O) groups excluding carboxylic acids is 2. The molecule has 3 rings (SSSR count). The van der Waals surface area contributed by atoms with Crippen molar-refractivity contribution in [2.45, 2.75) is 38.1 Å². The van der Waals surface area contributed by atoms with Crippen LogP contribution in [0.1, 0.15) is 42.5 Å². The highest BCUT2D eigenvalue weighted by Gasteiger charge is 2.31. The van der Waals surface area contributed by atoms with E-state index in [9.17, 15) is 9.59 Å². The molecule has 2 heterocycles. The molecule has 1 aromatic carbocycles. The Morgan fingerprint density at radius 1 is 1.04 bits per heavy atom. The SMILES string of the molecule is Cl.O=C(c1ccc(Cl)cc1)C1CCN(C(=O)C2CCCCN2)CC1. The van der Waals surface area contributed by atoms with Gasteiger partial charge in [-0.15, -0.1) is 12.4 Å². The van der Waals surface area contributed by atoms with Gasteiger partial charge < -0.3 is 10.2 Å². The normalized spacial score (nSPS) is 21.9. The van der Waals surface area contributed by atoms with Gasteiger partial charge in [-0.25, -0.2) is 0 Å². The second-order valence-corrected chi connectivity index (χ2v) is 6.91. The van der Waals surface area contributed by atoms with E-state index < -0.39 is 0 Å². The highest BCUT2D eigenvalue weighted by molar-refractivity contribution is 6.30. The van der Waals surface area contributed by atoms with Crippen LogP contribution >= 0.6 is 24.0 Å². The number of hydrogen-bond acceptors (Lipinski definition) is 3. The molecule has 2 saturated heterocycles. The molecule has 2 aliphatic rings. The van der Waals surface area contributed by atoms with E-state index in [1.165, 1.54) is 0 Å². The molecular weight excluding hydrogens is 347 g/mol. The van der Waals surface area contributed by atoms with Crippen molar-refractivity contribution in [1.29, 1.82) is 0 Å². The summed E-state index contributed by atoms with van der Waals surface area (Å²) in [6, 6.07) is 7.06. The van der Waals surface area contributed by atoms with Gasteiger partial charge in [-0.1, -0.05) is 18.0 Å². The van der Waals surface area contributed by atoms with Gasteiger partial charge in [-0.2, -0.15) is 0 Å². The number of nitrogens with zero attached hydrogens (tertiary/aromatic N) is 1. The quantitative estimate of drug-likeness (QED) is 0.830. The monoisotopic (exact) mass is 370 g/mol. The van der Waals surface area contributed by atoms with Crippen LogP contribution in [0.3, 0.4) is 0 Å². The van der Waals surface area contributed by atoms with E-state index in [1.807, 2.05) is 4.90 Å². The van der Waals surface area contributed by atoms with Gasteiger partial charge in [0, 0.05) is 29.6 Å². The van der Waals surface area contributed by atoms with Crippen LogP contribution in [0.25, 0.3) is 0 Å². The topological polar surface area (TPSA) is 49.4 Å². The number of piperidine rings is 2. The van der Waals surface area contributed by atoms with Gasteiger partial charge in [0.25, 0.3) is 0 Å². The fraction of sp³-hybridized carbons (Fsp3) is 0.556. The van der Waals surface area contributed by atoms with Crippen molar-refractivity contribution in [3.8, 4) is 0 Å². The number of hydrogen-bond donors (Lipinski definition) is 1. The van der Waals surface area contributed by atoms with Gasteiger partial charge in [0.15, 0.2) is 5.78 Å². The average Bonchev–Trinajstić information content (AvgIpc) is 2.62. The summed E-state index contributed by atoms with van der Waals surface area (Å²) in [5.74, 6) is 0.395. The Kier molecular flexibility index (Phi) is 7.08. The third kappa shape index (κ3) is 4.50. The fourth-order valence-electron chi connectivity index (χ4n) is 3.49. The number of halogens is 2. The number of likely N-dealkylation sites (tertiary alicyclic amines) is 1. The van der Waals surface area contributed by atoms with Crippen LogP contribution in [-0.2, 0) is 4.79 Å². The van der Waals surface area contributed by atoms with Crippen molar-refractivity contribution in [1.82, 2.24) is 10.2 Å². The Balaban J connectivity index is 0.00000208. The zero-order valence-electron chi connectivity index (χ0n) is 13.7. The Morgan fingerprint density at radius 2 is 1.71 bits per heavy atom. The van der Waals surface area contributed by atoms with Gasteiger partial charge >= 0.3 is 0 Å². The molecule has 1 amide bonds. The predicted octanol–water partition coefficient (Wildman–Crippen LogP) is 3.33. The van der Waals surface area contributed by atoms with Crippen LogP contribution in [0.2, 0.25) is 5.02 Å². The van der Waals surface area contributed by atoms with Crippen LogP contribution in [-0.4, -0.2) is 42.3 Å². The summed E-state index contributed by atoms with van der Waals surface area (Å²) in [5, 5.41) is 3.95. The molecule has 1 aromatic rings. The fourth-order valence-corrected chi connectivity index (χ4v) is 3.62. The lowest BCUT2D eigenvalue weighted by Crippen LogP contribution is -2.51. The van der Waals surface area contributed by atoms with Gasteiger partial charge in [-0.3, -0.25) is 9.59 Å². The summed E-state index contributed by atoms with van der Waals surface area (Å²) in [4.78, 5) is 27.0. The Labute approximate surface area is 154 Å². The summed E-state index contributed by atoms with van der Waals surface area (Å²) < 4.78 is 0. The smallest absolute Gasteiger partial charge is 0.239 e. The number of carbonyl (C=O) groups is 2. The van der Waals surface area contributed by atoms with Crippen molar-refractivity contribution in [2.24, 2.45) is 5.92 Å². The van der Waals surface area contributed by atoms with Crippen molar-refractivity contribution in [3.63, 3.8) is 0 Å². The number of rotatable bonds is 3. The van der Waals surface area contributed by atoms with Crippen molar-refractivity contribution < 1.29 is 9.59 Å². The van der Waals surface area contributed by atoms with Crippen molar-refractivity contribution in [2.75, 3.05) is 19.6 Å². The molecular formula is C18H24Cl2N2O2. The zero-order valence-corrected chi connectivity index (χ0v) is 15.2. The molecule has 6 heteroatoms. The van der Waals surface area contributed by atoms with Crippen LogP contribution in [0.5, 0.6) is 0 Å². The van der Waals surface area contributed by atoms with Crippen LogP contribution in [0.15, 0.2) is 24.3 Å². The molecule has 2 aliphatic heterocycles. The van der Waals surface area contributed by atoms with Crippen LogP contribution in [0, 0.1) is 5.92 Å². The summed E-state index contributed by atoms with van der Waals surface area (Å²) >= 11 is 5.87. The molecule has 0 radical (unpaired) electrons. The first-order valence-corrected chi connectivity index (χ1v) is 8.85. The van der Waals surface area contributed by atoms with E-state index in [1.54, 1.807) is 24.3 Å². The van der Waals surface area contributed by atoms with Gasteiger partial charge in [-0.05, 0) is 56.5 Å². The van der Waals surface area contributed by atoms with E-state index >= 15 is 0 Å². The molecule has 4 nitrogen and oxygen atoms in total. The van der Waals surface area contributed by atoms with Crippen LogP contribution < -0.4 is 5.32 Å². The van der Waals surface area contributed by atoms with E-state index in [0.717, 1.165) is 38.6 Å². The van der Waals surface area contributed by atoms with Crippen molar-refractivity contribution in [3.05, 3.63) is 34.9 Å². The highest BCUT2D eigenvalue weighted by atomic mass is 35.5. The predicted molar refractivity (Wildman–Crippen MR) is 98.0 cm³/mol. The van der Waals surface area contributed by atoms with Gasteiger partial charge in [0.1, 0.15) is 0 Å². The first-order valence-electron chi connectivity index (χ1n) is 8.47. The third-order valence-corrected chi connectivity index (χ3v) is 5.17. The van der Waals surface area contributed by atoms with E-state index in [2.05, 4.69) is 5.32 Å². The lowest BCUT2D eigenvalue weighted by atomic mass is 9.88. The first-order chi connectivity index (χ1) is 11.1. The lowest BCUT2D eigenvalue weighted by Gasteiger charge is -2.35. The average molecular weight is 371 g/mol. The molecule has 1 atom stereocenters. The molecule has 1 unspecified atom stereocenters. The minimum atomic E-state index is -0.0210. The number of amides is 1. The maximum absolute atomic E-state index is 12.5. The van der Waals surface area contributed by atoms with Gasteiger partial charge in [0.05, 0.1) is 6.04 Å². The highest BCUT2D eigenvalue weighted by Crippen LogP contribution is 2.24. The largest absolute Gasteiger partial charge is 0.341 e. The zero-order chi connectivity index (χ0) is 16.2. The standard InChI is InChI=1S/C18H23ClN2O2.ClH/c19-15-6-4-13(5-7-15)17(22)14-8-11-21(12-9-14)18(23)16-3-1-2-10-20-16;/h4-7,14,16,20H,1-3,8-12H2;1H. The molecule has 24 heavy (non-hydrogen) atoms. The number of ketones is 1. The molecule has 0 spiro atoms. The minimum absolute atomic E-state index is 0. The summed E-state index contributed by atoms with van der Waals surface area (Å²) in [6.07, 6.45) is 4.71. The van der Waals surface area contributed by atoms with Gasteiger partial charge in [0.2, 0.25) is 5.91 Å². The Morgan fingerprint density at radius 3 is 2.29 bits per heavy atom. The number of nitrogens with one attached hydrogen (secondary N) is 1. The number of benzene rings is 1. The van der Waals surface area contributed by atoms with E-state index in [-0.39, 0.29) is 36.1 Å². The number of Topliss-reactive ketones (excluding diaryl/α,β-unsaturated/α-hetero) is 1. The molecule has 0 aliphatic carbocycles. The Bertz CT molecular complexity index is 563. The molecule has 0 saturated carbocycles. The van der Waals surface area contributed by atoms with E-state index in [4.69, 9.17) is 11.6 Å². The molecule has 132 valence electrons. The summed E-state index contributed by atoms with van der Waals surface area (Å²) in [5.41, 5.74) is 0.716. The second-order valence-electron chi connectivity index (χ2n) is 6.47. The maximum Gasteiger partial charge on any atom is 0.239 e. The Hall–Kier alpha value is -1.10. The third-order valence-electron chi connectivity index (χ3n) is 4.91.